The van der Waals surface area contributed by atoms with Gasteiger partial charge in [0.2, 0.25) is 6.79 Å². The maximum Gasteiger partial charge on any atom is 0.231 e. The van der Waals surface area contributed by atoms with Crippen molar-refractivity contribution in [3.8, 4) is 11.5 Å². The summed E-state index contributed by atoms with van der Waals surface area (Å²) in [4.78, 5) is 4.63. The molecule has 0 spiro atoms. The van der Waals surface area contributed by atoms with Crippen LogP contribution in [0.4, 0.5) is 0 Å². The number of rotatable bonds is 5. The molecule has 1 aromatic heterocycles. The minimum absolute atomic E-state index is 0.259. The number of hydrogen-bond donors (Lipinski definition) is 2. The Kier molecular flexibility index (Phi) is 5.24. The lowest BCUT2D eigenvalue weighted by molar-refractivity contribution is 0.173. The van der Waals surface area contributed by atoms with Crippen molar-refractivity contribution in [3.63, 3.8) is 0 Å². The zero-order valence-corrected chi connectivity index (χ0v) is 15.3. The Morgan fingerprint density at radius 2 is 2.25 bits per heavy atom. The number of aliphatic imine (C=N–C) groups is 1. The Bertz CT molecular complexity index is 744. The molecular weight excluding hydrogens is 374 g/mol. The number of hydrogen-bond acceptors (Lipinski definition) is 4. The zero-order valence-electron chi connectivity index (χ0n) is 13.7. The predicted molar refractivity (Wildman–Crippen MR) is 95.1 cm³/mol. The molecule has 2 aromatic rings. The molecule has 1 aliphatic rings. The van der Waals surface area contributed by atoms with Crippen LogP contribution in [-0.2, 0) is 20.1 Å². The molecule has 0 saturated heterocycles. The van der Waals surface area contributed by atoms with Crippen LogP contribution in [0, 0.1) is 0 Å². The molecule has 1 aliphatic heterocycles. The van der Waals surface area contributed by atoms with E-state index in [9.17, 15) is 0 Å². The summed E-state index contributed by atoms with van der Waals surface area (Å²) in [6, 6.07) is 5.94. The van der Waals surface area contributed by atoms with Gasteiger partial charge in [0, 0.05) is 19.8 Å². The van der Waals surface area contributed by atoms with Gasteiger partial charge in [-0.1, -0.05) is 0 Å². The highest BCUT2D eigenvalue weighted by Gasteiger charge is 2.17. The number of aromatic nitrogens is 2. The molecule has 24 heavy (non-hydrogen) atoms. The van der Waals surface area contributed by atoms with E-state index in [4.69, 9.17) is 9.47 Å². The minimum Gasteiger partial charge on any atom is -0.454 e. The first-order valence-corrected chi connectivity index (χ1v) is 8.53. The lowest BCUT2D eigenvalue weighted by Gasteiger charge is -2.11. The highest BCUT2D eigenvalue weighted by molar-refractivity contribution is 9.10. The zero-order chi connectivity index (χ0) is 16.9. The Morgan fingerprint density at radius 3 is 3.00 bits per heavy atom. The number of guanidine groups is 1. The van der Waals surface area contributed by atoms with Crippen LogP contribution < -0.4 is 20.1 Å². The molecule has 128 valence electrons. The molecule has 1 aromatic carbocycles. The number of aryl methyl sites for hydroxylation is 1. The average molecular weight is 394 g/mol. The van der Waals surface area contributed by atoms with E-state index >= 15 is 0 Å². The van der Waals surface area contributed by atoms with Gasteiger partial charge in [0.05, 0.1) is 23.3 Å². The van der Waals surface area contributed by atoms with E-state index in [0.29, 0.717) is 13.1 Å². The standard InChI is InChI=1S/C16H20BrN5O2/c1-3-18-16(20-9-12-4-5-21-22(12)2)19-8-11-6-13(17)15-14(7-11)23-10-24-15/h4-7H,3,8-10H2,1-2H3,(H2,18,19,20). The maximum atomic E-state index is 5.44. The molecule has 0 unspecified atom stereocenters. The molecule has 2 heterocycles. The van der Waals surface area contributed by atoms with Crippen LogP contribution in [-0.4, -0.2) is 29.1 Å². The number of nitrogens with one attached hydrogen (secondary N) is 2. The average Bonchev–Trinajstić information content (AvgIpc) is 3.19. The first-order valence-electron chi connectivity index (χ1n) is 7.74. The minimum atomic E-state index is 0.259. The predicted octanol–water partition coefficient (Wildman–Crippen LogP) is 2.17. The fraction of sp³-hybridized carbons (Fsp3) is 0.375. The second-order valence-corrected chi connectivity index (χ2v) is 6.16. The highest BCUT2D eigenvalue weighted by Crippen LogP contribution is 2.40. The molecule has 2 N–H and O–H groups in total. The molecule has 0 bridgehead atoms. The van der Waals surface area contributed by atoms with Gasteiger partial charge >= 0.3 is 0 Å². The molecule has 0 saturated carbocycles. The summed E-state index contributed by atoms with van der Waals surface area (Å²) in [5.41, 5.74) is 2.13. The summed E-state index contributed by atoms with van der Waals surface area (Å²) in [6.07, 6.45) is 1.78. The Labute approximate surface area is 149 Å². The SMILES string of the molecule is CCNC(=NCc1cc(Br)c2c(c1)OCO2)NCc1ccnn1C. The molecule has 0 aliphatic carbocycles. The first kappa shape index (κ1) is 16.6. The van der Waals surface area contributed by atoms with Gasteiger partial charge in [-0.3, -0.25) is 4.68 Å². The van der Waals surface area contributed by atoms with Gasteiger partial charge in [-0.25, -0.2) is 4.99 Å². The fourth-order valence-electron chi connectivity index (χ4n) is 2.37. The van der Waals surface area contributed by atoms with Gasteiger partial charge in [-0.05, 0) is 46.6 Å². The summed E-state index contributed by atoms with van der Waals surface area (Å²) >= 11 is 3.51. The van der Waals surface area contributed by atoms with Crippen molar-refractivity contribution < 1.29 is 9.47 Å². The number of halogens is 1. The summed E-state index contributed by atoms with van der Waals surface area (Å²) in [5, 5.41) is 10.7. The van der Waals surface area contributed by atoms with Crippen molar-refractivity contribution in [1.29, 1.82) is 0 Å². The normalized spacial score (nSPS) is 13.2. The quantitative estimate of drug-likeness (QED) is 0.601. The third-order valence-electron chi connectivity index (χ3n) is 3.61. The van der Waals surface area contributed by atoms with Crippen molar-refractivity contribution in [2.24, 2.45) is 12.0 Å². The topological polar surface area (TPSA) is 72.7 Å². The summed E-state index contributed by atoms with van der Waals surface area (Å²) < 4.78 is 13.6. The number of fused-ring (bicyclic) bond motifs is 1. The van der Waals surface area contributed by atoms with Gasteiger partial charge < -0.3 is 20.1 Å². The van der Waals surface area contributed by atoms with Crippen LogP contribution in [0.3, 0.4) is 0 Å². The van der Waals surface area contributed by atoms with E-state index in [1.807, 2.05) is 36.9 Å². The first-order chi connectivity index (χ1) is 11.7. The fourth-order valence-corrected chi connectivity index (χ4v) is 2.98. The van der Waals surface area contributed by atoms with Gasteiger partial charge in [0.15, 0.2) is 17.5 Å². The van der Waals surface area contributed by atoms with E-state index in [1.165, 1.54) is 0 Å². The summed E-state index contributed by atoms with van der Waals surface area (Å²) in [6.45, 7) is 4.29. The van der Waals surface area contributed by atoms with E-state index in [0.717, 1.165) is 39.7 Å². The van der Waals surface area contributed by atoms with E-state index in [-0.39, 0.29) is 6.79 Å². The Hall–Kier alpha value is -2.22. The number of ether oxygens (including phenoxy) is 2. The molecule has 0 fully saturated rings. The second kappa shape index (κ2) is 7.57. The smallest absolute Gasteiger partial charge is 0.231 e. The van der Waals surface area contributed by atoms with Crippen LogP contribution in [0.25, 0.3) is 0 Å². The van der Waals surface area contributed by atoms with Gasteiger partial charge in [-0.15, -0.1) is 0 Å². The van der Waals surface area contributed by atoms with Crippen LogP contribution in [0.15, 0.2) is 33.9 Å². The Balaban J connectivity index is 1.67. The van der Waals surface area contributed by atoms with Crippen LogP contribution in [0.1, 0.15) is 18.2 Å². The number of benzene rings is 1. The van der Waals surface area contributed by atoms with E-state index in [1.54, 1.807) is 6.20 Å². The van der Waals surface area contributed by atoms with Gasteiger partial charge in [-0.2, -0.15) is 5.10 Å². The van der Waals surface area contributed by atoms with Crippen LogP contribution in [0.5, 0.6) is 11.5 Å². The highest BCUT2D eigenvalue weighted by atomic mass is 79.9. The summed E-state index contributed by atoms with van der Waals surface area (Å²) in [7, 11) is 1.92. The lowest BCUT2D eigenvalue weighted by Crippen LogP contribution is -2.37. The molecule has 3 rings (SSSR count). The van der Waals surface area contributed by atoms with Crippen LogP contribution in [0.2, 0.25) is 0 Å². The van der Waals surface area contributed by atoms with E-state index < -0.39 is 0 Å². The van der Waals surface area contributed by atoms with E-state index in [2.05, 4.69) is 36.7 Å². The largest absolute Gasteiger partial charge is 0.454 e. The van der Waals surface area contributed by atoms with Crippen molar-refractivity contribution >= 4 is 21.9 Å². The Morgan fingerprint density at radius 1 is 1.38 bits per heavy atom. The van der Waals surface area contributed by atoms with Crippen molar-refractivity contribution in [2.45, 2.75) is 20.0 Å². The van der Waals surface area contributed by atoms with Crippen LogP contribution >= 0.6 is 15.9 Å². The maximum absolute atomic E-state index is 5.44. The third kappa shape index (κ3) is 3.81. The third-order valence-corrected chi connectivity index (χ3v) is 4.20. The molecular formula is C16H20BrN5O2. The van der Waals surface area contributed by atoms with Crippen molar-refractivity contribution in [2.75, 3.05) is 13.3 Å². The van der Waals surface area contributed by atoms with Crippen molar-refractivity contribution in [1.82, 2.24) is 20.4 Å². The van der Waals surface area contributed by atoms with Crippen molar-refractivity contribution in [3.05, 3.63) is 40.1 Å². The molecule has 8 heteroatoms. The molecule has 0 amide bonds. The number of nitrogens with zero attached hydrogens (tertiary/aromatic N) is 3. The molecule has 7 nitrogen and oxygen atoms in total. The molecule has 0 atom stereocenters. The summed E-state index contributed by atoms with van der Waals surface area (Å²) in [5.74, 6) is 2.26. The van der Waals surface area contributed by atoms with Gasteiger partial charge in [0.1, 0.15) is 0 Å². The lowest BCUT2D eigenvalue weighted by atomic mass is 10.2. The van der Waals surface area contributed by atoms with Gasteiger partial charge in [0.25, 0.3) is 0 Å². The monoisotopic (exact) mass is 393 g/mol. The second-order valence-electron chi connectivity index (χ2n) is 5.31. The molecule has 0 radical (unpaired) electrons.